The van der Waals surface area contributed by atoms with E-state index in [9.17, 15) is 18.5 Å². The van der Waals surface area contributed by atoms with Crippen molar-refractivity contribution in [1.29, 1.82) is 0 Å². The number of rotatable bonds is 5. The monoisotopic (exact) mass is 304 g/mol. The SMILES string of the molecule is CCC1CC1NS(=O)(=O)c1cc([N+](=O)[O-])ccc1Cl. The highest BCUT2D eigenvalue weighted by Crippen LogP contribution is 2.35. The van der Waals surface area contributed by atoms with E-state index in [4.69, 9.17) is 11.6 Å². The normalized spacial score (nSPS) is 22.2. The number of hydrogen-bond acceptors (Lipinski definition) is 4. The second-order valence-electron chi connectivity index (χ2n) is 4.50. The summed E-state index contributed by atoms with van der Waals surface area (Å²) < 4.78 is 26.8. The van der Waals surface area contributed by atoms with Crippen LogP contribution in [0.5, 0.6) is 0 Å². The van der Waals surface area contributed by atoms with E-state index in [2.05, 4.69) is 4.72 Å². The smallest absolute Gasteiger partial charge is 0.258 e. The minimum absolute atomic E-state index is 0.0215. The average molecular weight is 305 g/mol. The van der Waals surface area contributed by atoms with Gasteiger partial charge >= 0.3 is 0 Å². The van der Waals surface area contributed by atoms with Crippen molar-refractivity contribution in [2.24, 2.45) is 5.92 Å². The van der Waals surface area contributed by atoms with Crippen LogP contribution in [-0.4, -0.2) is 19.4 Å². The molecular weight excluding hydrogens is 292 g/mol. The predicted molar refractivity (Wildman–Crippen MR) is 70.6 cm³/mol. The largest absolute Gasteiger partial charge is 0.270 e. The van der Waals surface area contributed by atoms with Crippen LogP contribution < -0.4 is 4.72 Å². The molecule has 0 aromatic heterocycles. The molecule has 1 fully saturated rings. The average Bonchev–Trinajstić information content (AvgIpc) is 3.06. The van der Waals surface area contributed by atoms with Gasteiger partial charge in [0.1, 0.15) is 4.90 Å². The molecule has 1 aliphatic carbocycles. The number of nitrogens with zero attached hydrogens (tertiary/aromatic N) is 1. The van der Waals surface area contributed by atoms with Crippen LogP contribution in [0.15, 0.2) is 23.1 Å². The maximum absolute atomic E-state index is 12.1. The van der Waals surface area contributed by atoms with E-state index in [-0.39, 0.29) is 21.6 Å². The Bertz CT molecular complexity index is 617. The number of nitro benzene ring substituents is 1. The molecule has 6 nitrogen and oxygen atoms in total. The minimum atomic E-state index is -3.81. The second-order valence-corrected chi connectivity index (χ2v) is 6.59. The van der Waals surface area contributed by atoms with Gasteiger partial charge in [0.05, 0.1) is 9.95 Å². The van der Waals surface area contributed by atoms with Crippen molar-refractivity contribution in [3.63, 3.8) is 0 Å². The summed E-state index contributed by atoms with van der Waals surface area (Å²) in [5.41, 5.74) is -0.299. The molecule has 2 atom stereocenters. The Morgan fingerprint density at radius 2 is 2.21 bits per heavy atom. The summed E-state index contributed by atoms with van der Waals surface area (Å²) in [6.07, 6.45) is 1.69. The Morgan fingerprint density at radius 1 is 1.53 bits per heavy atom. The summed E-state index contributed by atoms with van der Waals surface area (Å²) in [4.78, 5) is 9.77. The zero-order valence-electron chi connectivity index (χ0n) is 10.2. The van der Waals surface area contributed by atoms with E-state index in [1.165, 1.54) is 12.1 Å². The van der Waals surface area contributed by atoms with Gasteiger partial charge in [0, 0.05) is 18.2 Å². The number of non-ortho nitro benzene ring substituents is 1. The van der Waals surface area contributed by atoms with Gasteiger partial charge in [-0.2, -0.15) is 0 Å². The third-order valence-corrected chi connectivity index (χ3v) is 5.14. The number of benzene rings is 1. The predicted octanol–water partition coefficient (Wildman–Crippen LogP) is 2.33. The standard InChI is InChI=1S/C11H13ClN2O4S/c1-2-7-5-10(7)13-19(17,18)11-6-8(14(15)16)3-4-9(11)12/h3-4,6-7,10,13H,2,5H2,1H3. The van der Waals surface area contributed by atoms with E-state index in [0.29, 0.717) is 5.92 Å². The fourth-order valence-corrected chi connectivity index (χ4v) is 3.75. The van der Waals surface area contributed by atoms with Crippen LogP contribution in [0.2, 0.25) is 5.02 Å². The molecule has 0 spiro atoms. The van der Waals surface area contributed by atoms with E-state index in [1.54, 1.807) is 0 Å². The molecule has 1 aromatic rings. The molecule has 1 saturated carbocycles. The van der Waals surface area contributed by atoms with Crippen LogP contribution in [0.25, 0.3) is 0 Å². The number of nitro groups is 1. The first kappa shape index (κ1) is 14.2. The number of hydrogen-bond donors (Lipinski definition) is 1. The van der Waals surface area contributed by atoms with Gasteiger partial charge in [-0.15, -0.1) is 0 Å². The number of halogens is 1. The maximum Gasteiger partial charge on any atom is 0.270 e. The number of nitrogens with one attached hydrogen (secondary N) is 1. The van der Waals surface area contributed by atoms with Crippen molar-refractivity contribution in [3.8, 4) is 0 Å². The highest BCUT2D eigenvalue weighted by atomic mass is 35.5. The van der Waals surface area contributed by atoms with Gasteiger partial charge in [-0.3, -0.25) is 10.1 Å². The molecule has 1 aliphatic rings. The molecule has 2 rings (SSSR count). The van der Waals surface area contributed by atoms with Crippen LogP contribution in [0, 0.1) is 16.0 Å². The molecule has 0 saturated heterocycles. The molecule has 0 radical (unpaired) electrons. The Balaban J connectivity index is 2.29. The maximum atomic E-state index is 12.1. The molecule has 0 amide bonds. The van der Waals surface area contributed by atoms with Crippen molar-refractivity contribution in [2.75, 3.05) is 0 Å². The van der Waals surface area contributed by atoms with Crippen molar-refractivity contribution in [3.05, 3.63) is 33.3 Å². The van der Waals surface area contributed by atoms with Gasteiger partial charge in [0.15, 0.2) is 0 Å². The first-order valence-corrected chi connectivity index (χ1v) is 7.67. The van der Waals surface area contributed by atoms with Crippen molar-refractivity contribution in [2.45, 2.75) is 30.7 Å². The van der Waals surface area contributed by atoms with Gasteiger partial charge in [0.25, 0.3) is 5.69 Å². The van der Waals surface area contributed by atoms with Gasteiger partial charge in [0.2, 0.25) is 10.0 Å². The van der Waals surface area contributed by atoms with Crippen LogP contribution >= 0.6 is 11.6 Å². The Hall–Kier alpha value is -1.18. The zero-order valence-corrected chi connectivity index (χ0v) is 11.7. The lowest BCUT2D eigenvalue weighted by molar-refractivity contribution is -0.385. The van der Waals surface area contributed by atoms with Crippen molar-refractivity contribution >= 4 is 27.3 Å². The lowest BCUT2D eigenvalue weighted by Crippen LogP contribution is -2.27. The zero-order chi connectivity index (χ0) is 14.2. The summed E-state index contributed by atoms with van der Waals surface area (Å²) >= 11 is 5.82. The highest BCUT2D eigenvalue weighted by Gasteiger charge is 2.39. The van der Waals surface area contributed by atoms with E-state index >= 15 is 0 Å². The third kappa shape index (κ3) is 3.05. The second kappa shape index (κ2) is 5.07. The van der Waals surface area contributed by atoms with E-state index < -0.39 is 14.9 Å². The Kier molecular flexibility index (Phi) is 3.80. The Labute approximate surface area is 116 Å². The van der Waals surface area contributed by atoms with Crippen LogP contribution in [0.1, 0.15) is 19.8 Å². The molecular formula is C11H13ClN2O4S. The van der Waals surface area contributed by atoms with Crippen molar-refractivity contribution in [1.82, 2.24) is 4.72 Å². The lowest BCUT2D eigenvalue weighted by atomic mass is 10.3. The molecule has 104 valence electrons. The first-order chi connectivity index (χ1) is 8.85. The van der Waals surface area contributed by atoms with Gasteiger partial charge < -0.3 is 0 Å². The quantitative estimate of drug-likeness (QED) is 0.668. The van der Waals surface area contributed by atoms with Crippen LogP contribution in [0.3, 0.4) is 0 Å². The minimum Gasteiger partial charge on any atom is -0.258 e. The summed E-state index contributed by atoms with van der Waals surface area (Å²) in [6.45, 7) is 1.99. The third-order valence-electron chi connectivity index (χ3n) is 3.17. The van der Waals surface area contributed by atoms with Gasteiger partial charge in [-0.25, -0.2) is 13.1 Å². The van der Waals surface area contributed by atoms with Gasteiger partial charge in [-0.1, -0.05) is 24.9 Å². The lowest BCUT2D eigenvalue weighted by Gasteiger charge is -2.07. The number of sulfonamides is 1. The summed E-state index contributed by atoms with van der Waals surface area (Å²) in [5.74, 6) is 0.340. The first-order valence-electron chi connectivity index (χ1n) is 5.81. The molecule has 8 heteroatoms. The fourth-order valence-electron chi connectivity index (χ4n) is 1.92. The molecule has 2 unspecified atom stereocenters. The van der Waals surface area contributed by atoms with Crippen LogP contribution in [-0.2, 0) is 10.0 Å². The van der Waals surface area contributed by atoms with E-state index in [1.807, 2.05) is 6.92 Å². The fraction of sp³-hybridized carbons (Fsp3) is 0.455. The van der Waals surface area contributed by atoms with E-state index in [0.717, 1.165) is 18.9 Å². The molecule has 0 aliphatic heterocycles. The van der Waals surface area contributed by atoms with Crippen molar-refractivity contribution < 1.29 is 13.3 Å². The molecule has 19 heavy (non-hydrogen) atoms. The summed E-state index contributed by atoms with van der Waals surface area (Å²) in [6, 6.07) is 3.28. The molecule has 0 bridgehead atoms. The topological polar surface area (TPSA) is 89.3 Å². The van der Waals surface area contributed by atoms with Gasteiger partial charge in [-0.05, 0) is 18.4 Å². The summed E-state index contributed by atoms with van der Waals surface area (Å²) in [7, 11) is -3.81. The molecule has 1 aromatic carbocycles. The summed E-state index contributed by atoms with van der Waals surface area (Å²) in [5, 5.41) is 10.7. The molecule has 0 heterocycles. The molecule has 1 N–H and O–H groups in total. The Morgan fingerprint density at radius 3 is 2.74 bits per heavy atom. The highest BCUT2D eigenvalue weighted by molar-refractivity contribution is 7.89. The van der Waals surface area contributed by atoms with Crippen LogP contribution in [0.4, 0.5) is 5.69 Å².